The van der Waals surface area contributed by atoms with Gasteiger partial charge in [-0.1, -0.05) is 101 Å². The minimum Gasteiger partial charge on any atom is -0.374 e. The summed E-state index contributed by atoms with van der Waals surface area (Å²) in [5.41, 5.74) is 8.44. The van der Waals surface area contributed by atoms with Crippen LogP contribution in [0.3, 0.4) is 0 Å². The first-order valence-corrected chi connectivity index (χ1v) is 52.8. The maximum Gasteiger partial charge on any atom is 0.501 e. The van der Waals surface area contributed by atoms with Crippen molar-refractivity contribution >= 4 is 159 Å². The molecule has 0 aromatic heterocycles. The Kier molecular flexibility index (Phi) is 51.9. The van der Waals surface area contributed by atoms with Crippen LogP contribution in [0.2, 0.25) is 24.2 Å². The van der Waals surface area contributed by atoms with Crippen molar-refractivity contribution in [1.29, 1.82) is 0 Å². The summed E-state index contributed by atoms with van der Waals surface area (Å²) in [7, 11) is 12.3. The molecule has 12 nitrogen and oxygen atoms in total. The lowest BCUT2D eigenvalue weighted by molar-refractivity contribution is 0.0704. The smallest absolute Gasteiger partial charge is 0.374 e. The molecule has 0 saturated carbocycles. The van der Waals surface area contributed by atoms with Crippen LogP contribution >= 0.6 is 124 Å². The van der Waals surface area contributed by atoms with Crippen LogP contribution in [0.4, 0.5) is 0 Å². The summed E-state index contributed by atoms with van der Waals surface area (Å²) in [6, 6.07) is 17.5. The SMILES string of the molecule is CCO[Si](CCCSSSSCCc1cc(CC[Si](OCC)(OCC)OCC)ccc1CCSSSSCCc1ccc(CC[Si](OCC)(OCC)OCC)cc1CCSSSSCCC[Si](OCC)(OCC)OCC)(OCC)OCC. The van der Waals surface area contributed by atoms with Crippen molar-refractivity contribution in [1.82, 2.24) is 0 Å². The molecular weight excluding hydrogens is 1340 g/mol. The van der Waals surface area contributed by atoms with Crippen molar-refractivity contribution in [2.24, 2.45) is 0 Å². The average Bonchev–Trinajstić information content (AvgIpc) is 3.56. The van der Waals surface area contributed by atoms with E-state index < -0.39 is 35.2 Å². The molecule has 2 aromatic carbocycles. The molecule has 2 aromatic rings. The lowest BCUT2D eigenvalue weighted by atomic mass is 9.99. The number of aryl methyl sites for hydroxylation is 6. The van der Waals surface area contributed by atoms with Crippen molar-refractivity contribution in [3.63, 3.8) is 0 Å². The van der Waals surface area contributed by atoms with Crippen molar-refractivity contribution in [3.8, 4) is 0 Å². The van der Waals surface area contributed by atoms with Gasteiger partial charge in [-0.15, -0.1) is 0 Å². The Bertz CT molecular complexity index is 1660. The number of benzene rings is 2. The molecule has 0 aliphatic heterocycles. The molecule has 82 heavy (non-hydrogen) atoms. The molecule has 0 amide bonds. The maximum absolute atomic E-state index is 6.22. The van der Waals surface area contributed by atoms with E-state index in [1.54, 1.807) is 0 Å². The van der Waals surface area contributed by atoms with Crippen molar-refractivity contribution in [2.45, 2.75) is 159 Å². The van der Waals surface area contributed by atoms with Crippen LogP contribution in [-0.4, -0.2) is 149 Å². The second-order valence-corrected chi connectivity index (χ2v) is 47.3. The molecule has 0 radical (unpaired) electrons. The number of rotatable bonds is 59. The van der Waals surface area contributed by atoms with Crippen LogP contribution in [0.1, 0.15) is 129 Å². The number of hydrogen-bond acceptors (Lipinski definition) is 24. The molecule has 0 spiro atoms. The average molecular weight is 1440 g/mol. The van der Waals surface area contributed by atoms with Gasteiger partial charge in [0.2, 0.25) is 0 Å². The molecular formula is C54H102O12S12Si4. The zero-order valence-corrected chi connectivity index (χ0v) is 65.3. The van der Waals surface area contributed by atoms with Gasteiger partial charge in [-0.2, -0.15) is 0 Å². The van der Waals surface area contributed by atoms with Crippen molar-refractivity contribution in [2.75, 3.05) is 114 Å². The van der Waals surface area contributed by atoms with Gasteiger partial charge < -0.3 is 53.1 Å². The van der Waals surface area contributed by atoms with Gasteiger partial charge in [0.15, 0.2) is 0 Å². The second-order valence-electron chi connectivity index (χ2n) is 17.7. The predicted molar refractivity (Wildman–Crippen MR) is 386 cm³/mol. The Labute approximate surface area is 548 Å². The third-order valence-electron chi connectivity index (χ3n) is 12.0. The van der Waals surface area contributed by atoms with Gasteiger partial charge in [-0.05, 0) is 227 Å². The Balaban J connectivity index is 2.02. The quantitative estimate of drug-likeness (QED) is 0.0355. The summed E-state index contributed by atoms with van der Waals surface area (Å²) in [5.74, 6) is 6.30. The Morgan fingerprint density at radius 2 is 0.476 bits per heavy atom. The van der Waals surface area contributed by atoms with E-state index in [0.717, 1.165) is 110 Å². The summed E-state index contributed by atoms with van der Waals surface area (Å²) in [6.45, 7) is 31.6. The third-order valence-corrected chi connectivity index (χ3v) is 43.9. The first-order chi connectivity index (χ1) is 40.0. The Hall–Kier alpha value is 3.03. The summed E-state index contributed by atoms with van der Waals surface area (Å²) in [5, 5.41) is 0. The van der Waals surface area contributed by atoms with Gasteiger partial charge in [0.25, 0.3) is 0 Å². The largest absolute Gasteiger partial charge is 0.501 e. The molecule has 0 aliphatic carbocycles. The fourth-order valence-electron chi connectivity index (χ4n) is 8.85. The van der Waals surface area contributed by atoms with Gasteiger partial charge >= 0.3 is 35.2 Å². The lowest BCUT2D eigenvalue weighted by Crippen LogP contribution is -2.46. The molecule has 0 fully saturated rings. The minimum absolute atomic E-state index is 0.590. The van der Waals surface area contributed by atoms with Crippen LogP contribution in [0.15, 0.2) is 36.4 Å². The highest BCUT2D eigenvalue weighted by atomic mass is 33.7. The topological polar surface area (TPSA) is 111 Å². The van der Waals surface area contributed by atoms with E-state index in [1.807, 2.05) is 207 Å². The molecule has 0 bridgehead atoms. The van der Waals surface area contributed by atoms with E-state index in [1.165, 1.54) is 33.4 Å². The molecule has 0 N–H and O–H groups in total. The fraction of sp³-hybridized carbons (Fsp3) is 0.778. The van der Waals surface area contributed by atoms with Crippen LogP contribution in [0.5, 0.6) is 0 Å². The predicted octanol–water partition coefficient (Wildman–Crippen LogP) is 18.6. The third kappa shape index (κ3) is 35.2. The van der Waals surface area contributed by atoms with E-state index in [2.05, 4.69) is 36.4 Å². The molecule has 0 atom stereocenters. The standard InChI is InChI=1S/C54H102O12S12Si4/c1-13-55-79(56-14-2,57-15-3)43-25-37-67-73-75-71-41-33-53-47-49(35-45-81(61-19-7,62-20-8)63-21-9)27-29-51(53)31-39-69-77-78-70-40-32-52-30-28-50(36-46-82(64-22-10,65-23-11)66-24-12)48-54(52)34-42-72-76-74-68-38-26-44-80(58-16-4,59-17-5)60-18-6/h27-30,47-48H,13-26,31-46H2,1-12H3. The van der Waals surface area contributed by atoms with Crippen LogP contribution in [0.25, 0.3) is 0 Å². The minimum atomic E-state index is -2.75. The molecule has 0 aliphatic rings. The van der Waals surface area contributed by atoms with Crippen LogP contribution < -0.4 is 0 Å². The van der Waals surface area contributed by atoms with Crippen molar-refractivity contribution < 1.29 is 53.1 Å². The summed E-state index contributed by atoms with van der Waals surface area (Å²) >= 11 is 0. The molecule has 28 heteroatoms. The van der Waals surface area contributed by atoms with E-state index >= 15 is 0 Å². The van der Waals surface area contributed by atoms with Crippen LogP contribution in [0, 0.1) is 0 Å². The molecule has 0 saturated heterocycles. The molecule has 0 heterocycles. The summed E-state index contributed by atoms with van der Waals surface area (Å²) in [4.78, 5) is 0. The molecule has 2 rings (SSSR count). The monoisotopic (exact) mass is 1440 g/mol. The Morgan fingerprint density at radius 3 is 0.720 bits per heavy atom. The van der Waals surface area contributed by atoms with Crippen LogP contribution in [-0.2, 0) is 91.6 Å². The van der Waals surface area contributed by atoms with Crippen molar-refractivity contribution in [3.05, 3.63) is 69.8 Å². The highest BCUT2D eigenvalue weighted by Crippen LogP contribution is 2.46. The van der Waals surface area contributed by atoms with E-state index in [4.69, 9.17) is 53.1 Å². The summed E-state index contributed by atoms with van der Waals surface area (Å²) in [6.07, 6.45) is 7.92. The van der Waals surface area contributed by atoms with E-state index in [-0.39, 0.29) is 0 Å². The first-order valence-electron chi connectivity index (χ1n) is 29.6. The van der Waals surface area contributed by atoms with Gasteiger partial charge in [0.1, 0.15) is 0 Å². The number of hydrogen-bond donors (Lipinski definition) is 0. The van der Waals surface area contributed by atoms with E-state index in [9.17, 15) is 0 Å². The zero-order valence-electron chi connectivity index (χ0n) is 51.5. The normalized spacial score (nSPS) is 12.6. The highest BCUT2D eigenvalue weighted by Gasteiger charge is 2.42. The van der Waals surface area contributed by atoms with Gasteiger partial charge in [-0.3, -0.25) is 0 Å². The van der Waals surface area contributed by atoms with E-state index in [0.29, 0.717) is 79.3 Å². The van der Waals surface area contributed by atoms with Gasteiger partial charge in [-0.25, -0.2) is 0 Å². The zero-order chi connectivity index (χ0) is 59.9. The Morgan fingerprint density at radius 1 is 0.256 bits per heavy atom. The highest BCUT2D eigenvalue weighted by molar-refractivity contribution is 9.27. The second kappa shape index (κ2) is 52.5. The van der Waals surface area contributed by atoms with Gasteiger partial charge in [0, 0.05) is 138 Å². The molecule has 0 unspecified atom stereocenters. The molecule has 478 valence electrons. The first kappa shape index (κ1) is 81.1. The maximum atomic E-state index is 6.22. The van der Waals surface area contributed by atoms with Gasteiger partial charge in [0.05, 0.1) is 0 Å². The summed E-state index contributed by atoms with van der Waals surface area (Å²) < 4.78 is 73.7. The fourth-order valence-corrected chi connectivity index (χ4v) is 38.0. The lowest BCUT2D eigenvalue weighted by Gasteiger charge is -2.28.